The highest BCUT2D eigenvalue weighted by Crippen LogP contribution is 2.16. The first kappa shape index (κ1) is 17.3. The lowest BCUT2D eigenvalue weighted by Crippen LogP contribution is -2.29. The summed E-state index contributed by atoms with van der Waals surface area (Å²) in [5.41, 5.74) is 0.856. The minimum atomic E-state index is -0.672. The SMILES string of the molecule is C[C@@H](NC(=O)c1[nH]cnc1C(=O)Nc1ccccc1F)c1ccccc1. The predicted molar refractivity (Wildman–Crippen MR) is 95.3 cm³/mol. The zero-order valence-electron chi connectivity index (χ0n) is 14.0. The number of hydrogen-bond acceptors (Lipinski definition) is 3. The number of nitrogens with zero attached hydrogens (tertiary/aromatic N) is 1. The van der Waals surface area contributed by atoms with Gasteiger partial charge in [-0.2, -0.15) is 0 Å². The van der Waals surface area contributed by atoms with Gasteiger partial charge in [-0.1, -0.05) is 42.5 Å². The second kappa shape index (κ2) is 7.60. The number of anilines is 1. The summed E-state index contributed by atoms with van der Waals surface area (Å²) in [7, 11) is 0. The molecule has 0 unspecified atom stereocenters. The fourth-order valence-electron chi connectivity index (χ4n) is 2.48. The van der Waals surface area contributed by atoms with Crippen LogP contribution in [0.5, 0.6) is 0 Å². The van der Waals surface area contributed by atoms with Crippen molar-refractivity contribution in [3.05, 3.63) is 83.7 Å². The summed E-state index contributed by atoms with van der Waals surface area (Å²) in [5.74, 6) is -1.72. The molecule has 7 heteroatoms. The smallest absolute Gasteiger partial charge is 0.276 e. The van der Waals surface area contributed by atoms with E-state index in [1.807, 2.05) is 37.3 Å². The number of nitrogens with one attached hydrogen (secondary N) is 3. The summed E-state index contributed by atoms with van der Waals surface area (Å²) >= 11 is 0. The minimum Gasteiger partial charge on any atom is -0.344 e. The fourth-order valence-corrected chi connectivity index (χ4v) is 2.48. The molecule has 26 heavy (non-hydrogen) atoms. The van der Waals surface area contributed by atoms with Gasteiger partial charge in [0, 0.05) is 0 Å². The molecule has 0 saturated carbocycles. The molecule has 132 valence electrons. The summed E-state index contributed by atoms with van der Waals surface area (Å²) in [6.45, 7) is 1.84. The number of benzene rings is 2. The number of aromatic amines is 1. The van der Waals surface area contributed by atoms with Crippen molar-refractivity contribution in [1.82, 2.24) is 15.3 Å². The van der Waals surface area contributed by atoms with Crippen LogP contribution in [0.2, 0.25) is 0 Å². The van der Waals surface area contributed by atoms with Gasteiger partial charge in [-0.25, -0.2) is 9.37 Å². The Morgan fingerprint density at radius 2 is 1.73 bits per heavy atom. The molecule has 1 heterocycles. The number of carbonyl (C=O) groups excluding carboxylic acids is 2. The number of amides is 2. The molecule has 6 nitrogen and oxygen atoms in total. The van der Waals surface area contributed by atoms with Crippen LogP contribution in [0.25, 0.3) is 0 Å². The first-order valence-electron chi connectivity index (χ1n) is 8.01. The van der Waals surface area contributed by atoms with E-state index in [4.69, 9.17) is 0 Å². The van der Waals surface area contributed by atoms with E-state index >= 15 is 0 Å². The average Bonchev–Trinajstić information content (AvgIpc) is 3.14. The Bertz CT molecular complexity index is 924. The summed E-state index contributed by atoms with van der Waals surface area (Å²) in [6.07, 6.45) is 1.25. The molecule has 3 aromatic rings. The molecule has 0 saturated heterocycles. The molecule has 0 spiro atoms. The highest BCUT2D eigenvalue weighted by atomic mass is 19.1. The van der Waals surface area contributed by atoms with Crippen molar-refractivity contribution >= 4 is 17.5 Å². The molecule has 0 bridgehead atoms. The molecule has 2 aromatic carbocycles. The van der Waals surface area contributed by atoms with Gasteiger partial charge in [-0.05, 0) is 24.6 Å². The number of aromatic nitrogens is 2. The maximum atomic E-state index is 13.7. The second-order valence-electron chi connectivity index (χ2n) is 5.67. The third-order valence-corrected chi connectivity index (χ3v) is 3.85. The van der Waals surface area contributed by atoms with Crippen molar-refractivity contribution in [3.63, 3.8) is 0 Å². The van der Waals surface area contributed by atoms with Gasteiger partial charge in [0.2, 0.25) is 0 Å². The van der Waals surface area contributed by atoms with E-state index in [0.717, 1.165) is 5.56 Å². The van der Waals surface area contributed by atoms with Crippen molar-refractivity contribution < 1.29 is 14.0 Å². The maximum absolute atomic E-state index is 13.7. The van der Waals surface area contributed by atoms with E-state index < -0.39 is 17.6 Å². The number of rotatable bonds is 5. The van der Waals surface area contributed by atoms with Crippen LogP contribution in [0, 0.1) is 5.82 Å². The van der Waals surface area contributed by atoms with Crippen LogP contribution in [0.15, 0.2) is 60.9 Å². The number of hydrogen-bond donors (Lipinski definition) is 3. The van der Waals surface area contributed by atoms with Crippen LogP contribution < -0.4 is 10.6 Å². The van der Waals surface area contributed by atoms with Crippen molar-refractivity contribution in [2.75, 3.05) is 5.32 Å². The van der Waals surface area contributed by atoms with Crippen LogP contribution in [-0.2, 0) is 0 Å². The van der Waals surface area contributed by atoms with Gasteiger partial charge in [0.25, 0.3) is 11.8 Å². The maximum Gasteiger partial charge on any atom is 0.276 e. The van der Waals surface area contributed by atoms with Crippen LogP contribution in [0.4, 0.5) is 10.1 Å². The van der Waals surface area contributed by atoms with E-state index in [9.17, 15) is 14.0 Å². The Labute approximate surface area is 149 Å². The van der Waals surface area contributed by atoms with Crippen molar-refractivity contribution in [2.45, 2.75) is 13.0 Å². The summed E-state index contributed by atoms with van der Waals surface area (Å²) in [4.78, 5) is 31.4. The van der Waals surface area contributed by atoms with E-state index in [-0.39, 0.29) is 23.1 Å². The van der Waals surface area contributed by atoms with Gasteiger partial charge in [0.1, 0.15) is 11.5 Å². The Hall–Kier alpha value is -3.48. The first-order valence-corrected chi connectivity index (χ1v) is 8.01. The average molecular weight is 352 g/mol. The van der Waals surface area contributed by atoms with Gasteiger partial charge in [-0.15, -0.1) is 0 Å². The zero-order valence-corrected chi connectivity index (χ0v) is 14.0. The van der Waals surface area contributed by atoms with E-state index in [2.05, 4.69) is 20.6 Å². The molecular weight excluding hydrogens is 335 g/mol. The van der Waals surface area contributed by atoms with E-state index in [1.165, 1.54) is 24.5 Å². The van der Waals surface area contributed by atoms with Gasteiger partial charge in [0.15, 0.2) is 5.69 Å². The Kier molecular flexibility index (Phi) is 5.07. The lowest BCUT2D eigenvalue weighted by Gasteiger charge is -2.14. The zero-order chi connectivity index (χ0) is 18.5. The molecule has 0 aliphatic heterocycles. The van der Waals surface area contributed by atoms with Gasteiger partial charge >= 0.3 is 0 Å². The van der Waals surface area contributed by atoms with Crippen molar-refractivity contribution in [3.8, 4) is 0 Å². The van der Waals surface area contributed by atoms with Crippen molar-refractivity contribution in [1.29, 1.82) is 0 Å². The van der Waals surface area contributed by atoms with E-state index in [1.54, 1.807) is 6.07 Å². The number of para-hydroxylation sites is 1. The van der Waals surface area contributed by atoms with Crippen LogP contribution >= 0.6 is 0 Å². The standard InChI is InChI=1S/C19H17FN4O2/c1-12(13-7-3-2-4-8-13)23-18(25)16-17(22-11-21-16)19(26)24-15-10-6-5-9-14(15)20/h2-12H,1H3,(H,21,22)(H,23,25)(H,24,26)/t12-/m1/s1. The predicted octanol–water partition coefficient (Wildman–Crippen LogP) is 3.29. The molecule has 1 aromatic heterocycles. The molecule has 3 rings (SSSR count). The molecule has 0 aliphatic rings. The van der Waals surface area contributed by atoms with Gasteiger partial charge in [0.05, 0.1) is 18.1 Å². The minimum absolute atomic E-state index is 0.0154. The quantitative estimate of drug-likeness (QED) is 0.658. The second-order valence-corrected chi connectivity index (χ2v) is 5.67. The Balaban J connectivity index is 1.74. The number of H-pyrrole nitrogens is 1. The first-order chi connectivity index (χ1) is 12.6. The molecule has 0 radical (unpaired) electrons. The summed E-state index contributed by atoms with van der Waals surface area (Å²) in [6, 6.07) is 14.9. The molecule has 3 N–H and O–H groups in total. The number of carbonyl (C=O) groups is 2. The van der Waals surface area contributed by atoms with Gasteiger partial charge in [-0.3, -0.25) is 9.59 Å². The normalized spacial score (nSPS) is 11.6. The highest BCUT2D eigenvalue weighted by Gasteiger charge is 2.22. The highest BCUT2D eigenvalue weighted by molar-refractivity contribution is 6.10. The van der Waals surface area contributed by atoms with Crippen LogP contribution in [0.3, 0.4) is 0 Å². The largest absolute Gasteiger partial charge is 0.344 e. The van der Waals surface area contributed by atoms with Crippen LogP contribution in [-0.4, -0.2) is 21.8 Å². The Morgan fingerprint density at radius 3 is 2.46 bits per heavy atom. The fraction of sp³-hybridized carbons (Fsp3) is 0.105. The molecule has 0 fully saturated rings. The van der Waals surface area contributed by atoms with Gasteiger partial charge < -0.3 is 15.6 Å². The number of imidazole rings is 1. The molecular formula is C19H17FN4O2. The molecule has 1 atom stereocenters. The lowest BCUT2D eigenvalue weighted by atomic mass is 10.1. The summed E-state index contributed by atoms with van der Waals surface area (Å²) in [5, 5.41) is 5.22. The van der Waals surface area contributed by atoms with E-state index in [0.29, 0.717) is 0 Å². The Morgan fingerprint density at radius 1 is 1.04 bits per heavy atom. The lowest BCUT2D eigenvalue weighted by molar-refractivity contribution is 0.0923. The third-order valence-electron chi connectivity index (χ3n) is 3.85. The van der Waals surface area contributed by atoms with Crippen LogP contribution in [0.1, 0.15) is 39.5 Å². The molecule has 0 aliphatic carbocycles. The van der Waals surface area contributed by atoms with Crippen molar-refractivity contribution in [2.24, 2.45) is 0 Å². The third kappa shape index (κ3) is 3.77. The molecule has 2 amide bonds. The summed E-state index contributed by atoms with van der Waals surface area (Å²) < 4.78 is 13.7. The monoisotopic (exact) mass is 352 g/mol. The topological polar surface area (TPSA) is 86.9 Å². The number of halogens is 1.